The first-order valence-corrected chi connectivity index (χ1v) is 5.98. The summed E-state index contributed by atoms with van der Waals surface area (Å²) in [6.45, 7) is 2.83. The Hall–Kier alpha value is -1.04. The largest absolute Gasteiger partial charge is 0.481 e. The maximum absolute atomic E-state index is 10.4. The van der Waals surface area contributed by atoms with Crippen LogP contribution >= 0.6 is 11.8 Å². The molecule has 2 rings (SSSR count). The molecule has 82 valence electrons. The maximum atomic E-state index is 10.4. The van der Waals surface area contributed by atoms with Gasteiger partial charge >= 0.3 is 5.97 Å². The van der Waals surface area contributed by atoms with Crippen LogP contribution in [0.4, 0.5) is 0 Å². The molecule has 15 heavy (non-hydrogen) atoms. The summed E-state index contributed by atoms with van der Waals surface area (Å²) in [5.41, 5.74) is 0. The Labute approximate surface area is 91.9 Å². The fourth-order valence-electron chi connectivity index (χ4n) is 1.47. The standard InChI is InChI=1S/C9H13N3O2S/c1-2-12-8(6-3-4-6)10-11-9(12)15-5-7(13)14/h6H,2-5H2,1H3,(H,13,14). The van der Waals surface area contributed by atoms with Crippen LogP contribution in [0.3, 0.4) is 0 Å². The quantitative estimate of drug-likeness (QED) is 0.769. The zero-order valence-corrected chi connectivity index (χ0v) is 9.33. The Morgan fingerprint density at radius 3 is 2.87 bits per heavy atom. The van der Waals surface area contributed by atoms with Crippen LogP contribution in [0.25, 0.3) is 0 Å². The minimum absolute atomic E-state index is 0.0444. The van der Waals surface area contributed by atoms with Crippen molar-refractivity contribution >= 4 is 17.7 Å². The molecule has 1 aliphatic carbocycles. The van der Waals surface area contributed by atoms with Gasteiger partial charge in [-0.05, 0) is 19.8 Å². The molecule has 0 atom stereocenters. The zero-order chi connectivity index (χ0) is 10.8. The molecular formula is C9H13N3O2S. The average molecular weight is 227 g/mol. The van der Waals surface area contributed by atoms with Gasteiger partial charge in [0.25, 0.3) is 0 Å². The van der Waals surface area contributed by atoms with Crippen LogP contribution in [0.5, 0.6) is 0 Å². The van der Waals surface area contributed by atoms with Gasteiger partial charge in [0.2, 0.25) is 0 Å². The first kappa shape index (κ1) is 10.5. The number of carboxylic acid groups (broad SMARTS) is 1. The molecule has 1 saturated carbocycles. The number of carboxylic acids is 1. The van der Waals surface area contributed by atoms with Crippen LogP contribution in [-0.4, -0.2) is 31.6 Å². The van der Waals surface area contributed by atoms with Gasteiger partial charge in [-0.2, -0.15) is 0 Å². The van der Waals surface area contributed by atoms with Crippen molar-refractivity contribution in [3.63, 3.8) is 0 Å². The molecule has 1 aliphatic rings. The summed E-state index contributed by atoms with van der Waals surface area (Å²) in [7, 11) is 0. The second kappa shape index (κ2) is 4.22. The van der Waals surface area contributed by atoms with Crippen LogP contribution in [-0.2, 0) is 11.3 Å². The highest BCUT2D eigenvalue weighted by atomic mass is 32.2. The van der Waals surface area contributed by atoms with E-state index in [4.69, 9.17) is 5.11 Å². The van der Waals surface area contributed by atoms with Crippen molar-refractivity contribution in [1.29, 1.82) is 0 Å². The van der Waals surface area contributed by atoms with Gasteiger partial charge in [0.05, 0.1) is 5.75 Å². The minimum atomic E-state index is -0.821. The number of hydrogen-bond acceptors (Lipinski definition) is 4. The van der Waals surface area contributed by atoms with Crippen LogP contribution in [0, 0.1) is 0 Å². The number of aromatic nitrogens is 3. The molecule has 1 N–H and O–H groups in total. The Kier molecular flexibility index (Phi) is 2.95. The number of rotatable bonds is 5. The van der Waals surface area contributed by atoms with E-state index in [1.165, 1.54) is 24.6 Å². The number of aliphatic carboxylic acids is 1. The summed E-state index contributed by atoms with van der Waals surface area (Å²) < 4.78 is 2.02. The van der Waals surface area contributed by atoms with E-state index < -0.39 is 5.97 Å². The summed E-state index contributed by atoms with van der Waals surface area (Å²) in [6, 6.07) is 0. The van der Waals surface area contributed by atoms with E-state index in [-0.39, 0.29) is 5.75 Å². The van der Waals surface area contributed by atoms with Crippen LogP contribution in [0.1, 0.15) is 31.5 Å². The van der Waals surface area contributed by atoms with Crippen molar-refractivity contribution in [2.75, 3.05) is 5.75 Å². The Morgan fingerprint density at radius 1 is 1.60 bits per heavy atom. The lowest BCUT2D eigenvalue weighted by Gasteiger charge is -2.04. The summed E-state index contributed by atoms with van der Waals surface area (Å²) in [5.74, 6) is 0.795. The monoisotopic (exact) mass is 227 g/mol. The van der Waals surface area contributed by atoms with Crippen molar-refractivity contribution in [2.24, 2.45) is 0 Å². The van der Waals surface area contributed by atoms with E-state index in [0.29, 0.717) is 5.92 Å². The first-order chi connectivity index (χ1) is 7.22. The molecule has 5 nitrogen and oxygen atoms in total. The van der Waals surface area contributed by atoms with Crippen molar-refractivity contribution in [2.45, 2.75) is 37.4 Å². The van der Waals surface area contributed by atoms with Crippen LogP contribution in [0.15, 0.2) is 5.16 Å². The third kappa shape index (κ3) is 2.31. The highest BCUT2D eigenvalue weighted by Crippen LogP contribution is 2.39. The van der Waals surface area contributed by atoms with E-state index >= 15 is 0 Å². The predicted octanol–water partition coefficient (Wildman–Crippen LogP) is 1.35. The van der Waals surface area contributed by atoms with Crippen LogP contribution < -0.4 is 0 Å². The molecule has 0 radical (unpaired) electrons. The topological polar surface area (TPSA) is 68.0 Å². The lowest BCUT2D eigenvalue weighted by atomic mass is 10.4. The van der Waals surface area contributed by atoms with Gasteiger partial charge in [-0.3, -0.25) is 4.79 Å². The summed E-state index contributed by atoms with van der Waals surface area (Å²) in [4.78, 5) is 10.4. The molecule has 1 aromatic heterocycles. The zero-order valence-electron chi connectivity index (χ0n) is 8.51. The molecule has 0 spiro atoms. The van der Waals surface area contributed by atoms with Gasteiger partial charge in [-0.25, -0.2) is 0 Å². The molecule has 1 aromatic rings. The third-order valence-electron chi connectivity index (χ3n) is 2.33. The predicted molar refractivity (Wildman–Crippen MR) is 56.0 cm³/mol. The Morgan fingerprint density at radius 2 is 2.33 bits per heavy atom. The molecular weight excluding hydrogens is 214 g/mol. The maximum Gasteiger partial charge on any atom is 0.313 e. The molecule has 1 heterocycles. The summed E-state index contributed by atoms with van der Waals surface area (Å²) in [6.07, 6.45) is 2.36. The van der Waals surface area contributed by atoms with Crippen molar-refractivity contribution in [3.8, 4) is 0 Å². The van der Waals surface area contributed by atoms with E-state index in [1.54, 1.807) is 0 Å². The molecule has 0 unspecified atom stereocenters. The molecule has 0 bridgehead atoms. The SMILES string of the molecule is CCn1c(SCC(=O)O)nnc1C1CC1. The molecule has 0 amide bonds. The van der Waals surface area contributed by atoms with E-state index in [9.17, 15) is 4.79 Å². The van der Waals surface area contributed by atoms with Gasteiger partial charge in [-0.15, -0.1) is 10.2 Å². The number of carbonyl (C=O) groups is 1. The van der Waals surface area contributed by atoms with E-state index in [0.717, 1.165) is 17.5 Å². The van der Waals surface area contributed by atoms with Crippen LogP contribution in [0.2, 0.25) is 0 Å². The Bertz CT molecular complexity index is 373. The fourth-order valence-corrected chi connectivity index (χ4v) is 2.20. The number of nitrogens with zero attached hydrogens (tertiary/aromatic N) is 3. The van der Waals surface area contributed by atoms with Crippen molar-refractivity contribution < 1.29 is 9.90 Å². The van der Waals surface area contributed by atoms with Gasteiger partial charge in [0, 0.05) is 12.5 Å². The Balaban J connectivity index is 2.12. The first-order valence-electron chi connectivity index (χ1n) is 5.00. The van der Waals surface area contributed by atoms with E-state index in [2.05, 4.69) is 10.2 Å². The van der Waals surface area contributed by atoms with Gasteiger partial charge in [0.15, 0.2) is 5.16 Å². The molecule has 1 fully saturated rings. The lowest BCUT2D eigenvalue weighted by Crippen LogP contribution is -2.04. The second-order valence-electron chi connectivity index (χ2n) is 3.54. The molecule has 0 aliphatic heterocycles. The summed E-state index contributed by atoms with van der Waals surface area (Å²) in [5, 5.41) is 17.5. The number of thioether (sulfide) groups is 1. The fraction of sp³-hybridized carbons (Fsp3) is 0.667. The second-order valence-corrected chi connectivity index (χ2v) is 4.48. The van der Waals surface area contributed by atoms with Crippen molar-refractivity contribution in [3.05, 3.63) is 5.82 Å². The smallest absolute Gasteiger partial charge is 0.313 e. The van der Waals surface area contributed by atoms with Gasteiger partial charge in [0.1, 0.15) is 5.82 Å². The summed E-state index contributed by atoms with van der Waals surface area (Å²) >= 11 is 1.24. The lowest BCUT2D eigenvalue weighted by molar-refractivity contribution is -0.133. The molecule has 0 aromatic carbocycles. The minimum Gasteiger partial charge on any atom is -0.481 e. The normalized spacial score (nSPS) is 15.5. The third-order valence-corrected chi connectivity index (χ3v) is 3.28. The van der Waals surface area contributed by atoms with Gasteiger partial charge < -0.3 is 9.67 Å². The van der Waals surface area contributed by atoms with E-state index in [1.807, 2.05) is 11.5 Å². The molecule has 6 heteroatoms. The van der Waals surface area contributed by atoms with Gasteiger partial charge in [-0.1, -0.05) is 11.8 Å². The molecule has 0 saturated heterocycles. The highest BCUT2D eigenvalue weighted by molar-refractivity contribution is 7.99. The average Bonchev–Trinajstić information content (AvgIpc) is 2.96. The highest BCUT2D eigenvalue weighted by Gasteiger charge is 2.29. The number of hydrogen-bond donors (Lipinski definition) is 1. The van der Waals surface area contributed by atoms with Crippen molar-refractivity contribution in [1.82, 2.24) is 14.8 Å².